The summed E-state index contributed by atoms with van der Waals surface area (Å²) < 4.78 is 12.2. The Hall–Kier alpha value is -3.65. The summed E-state index contributed by atoms with van der Waals surface area (Å²) >= 11 is 0. The minimum absolute atomic E-state index is 0.126. The predicted octanol–water partition coefficient (Wildman–Crippen LogP) is 9.77. The molecule has 8 nitrogen and oxygen atoms in total. The summed E-state index contributed by atoms with van der Waals surface area (Å²) in [5.41, 5.74) is 4.78. The van der Waals surface area contributed by atoms with Gasteiger partial charge in [-0.1, -0.05) is 60.4 Å². The minimum atomic E-state index is -1.42. The van der Waals surface area contributed by atoms with Gasteiger partial charge in [0.1, 0.15) is 17.5 Å². The molecule has 2 aliphatic heterocycles. The van der Waals surface area contributed by atoms with Crippen LogP contribution in [0.25, 0.3) is 0 Å². The van der Waals surface area contributed by atoms with Crippen LogP contribution in [-0.4, -0.2) is 51.2 Å². The van der Waals surface area contributed by atoms with Crippen molar-refractivity contribution in [2.45, 2.75) is 158 Å². The number of fused-ring (bicyclic) bond motifs is 2. The molecule has 1 aromatic carbocycles. The summed E-state index contributed by atoms with van der Waals surface area (Å²) in [6.07, 6.45) is 17.7. The summed E-state index contributed by atoms with van der Waals surface area (Å²) in [4.78, 5) is 41.3. The number of rotatable bonds is 16. The molecule has 0 amide bonds. The van der Waals surface area contributed by atoms with Crippen molar-refractivity contribution in [3.8, 4) is 11.5 Å². The Balaban J connectivity index is 1.56. The first-order valence-corrected chi connectivity index (χ1v) is 19.2. The topological polar surface area (TPSA) is 113 Å². The minimum Gasteiger partial charge on any atom is -0.507 e. The molecule has 1 saturated carbocycles. The fourth-order valence-corrected chi connectivity index (χ4v) is 8.24. The van der Waals surface area contributed by atoms with E-state index in [1.54, 1.807) is 6.92 Å². The fraction of sp³-hybridized carbons (Fsp3) is 0.614. The van der Waals surface area contributed by atoms with Crippen LogP contribution < -0.4 is 4.74 Å². The Labute approximate surface area is 312 Å². The van der Waals surface area contributed by atoms with Crippen LogP contribution in [0.15, 0.2) is 46.6 Å². The van der Waals surface area contributed by atoms with Gasteiger partial charge in [-0.3, -0.25) is 14.5 Å². The summed E-state index contributed by atoms with van der Waals surface area (Å²) in [6, 6.07) is -0.668. The molecule has 0 spiro atoms. The summed E-state index contributed by atoms with van der Waals surface area (Å²) in [6.45, 7) is 20.8. The van der Waals surface area contributed by atoms with Crippen LogP contribution >= 0.6 is 0 Å². The van der Waals surface area contributed by atoms with Gasteiger partial charge in [-0.05, 0) is 144 Å². The molecular formula is C44H63NO7. The van der Waals surface area contributed by atoms with Crippen molar-refractivity contribution in [2.24, 2.45) is 10.8 Å². The van der Waals surface area contributed by atoms with Gasteiger partial charge in [-0.2, -0.15) is 0 Å². The number of aliphatic carboxylic acids is 1. The van der Waals surface area contributed by atoms with Gasteiger partial charge in [0, 0.05) is 23.1 Å². The SMILES string of the molecule is CC(C)=CCC/C(C)=C/CC/C(C)=C/CC/C(C)=C/Cc1c(O)c(C)c(C)c(OC(=O)[C@@]23CC[C@@](C)(C(=O)O2)C3(C)C)c1CN1CCC[C@@H]1C(=O)O. The Morgan fingerprint density at radius 3 is 1.96 bits per heavy atom. The second-order valence-electron chi connectivity index (χ2n) is 16.7. The lowest BCUT2D eigenvalue weighted by Crippen LogP contribution is -2.50. The van der Waals surface area contributed by atoms with E-state index >= 15 is 0 Å². The highest BCUT2D eigenvalue weighted by Gasteiger charge is 2.76. The maximum absolute atomic E-state index is 14.2. The number of benzene rings is 1. The van der Waals surface area contributed by atoms with E-state index in [2.05, 4.69) is 58.9 Å². The Morgan fingerprint density at radius 2 is 1.44 bits per heavy atom. The molecule has 0 unspecified atom stereocenters. The summed E-state index contributed by atoms with van der Waals surface area (Å²) in [7, 11) is 0. The van der Waals surface area contributed by atoms with Gasteiger partial charge in [-0.25, -0.2) is 4.79 Å². The van der Waals surface area contributed by atoms with Gasteiger partial charge in [0.2, 0.25) is 5.60 Å². The largest absolute Gasteiger partial charge is 0.507 e. The second kappa shape index (κ2) is 16.6. The van der Waals surface area contributed by atoms with Crippen LogP contribution in [-0.2, 0) is 32.1 Å². The number of likely N-dealkylation sites (tertiary alicyclic amines) is 1. The van der Waals surface area contributed by atoms with Crippen molar-refractivity contribution in [1.29, 1.82) is 0 Å². The molecule has 2 saturated heterocycles. The number of carbonyl (C=O) groups is 3. The number of hydrogen-bond acceptors (Lipinski definition) is 7. The number of phenols is 1. The van der Waals surface area contributed by atoms with E-state index in [0.29, 0.717) is 60.2 Å². The van der Waals surface area contributed by atoms with Gasteiger partial charge >= 0.3 is 17.9 Å². The molecule has 2 heterocycles. The first kappa shape index (κ1) is 41.1. The van der Waals surface area contributed by atoms with Crippen LogP contribution in [0.4, 0.5) is 0 Å². The molecule has 2 bridgehead atoms. The van der Waals surface area contributed by atoms with Crippen molar-refractivity contribution in [1.82, 2.24) is 4.90 Å². The van der Waals surface area contributed by atoms with Crippen LogP contribution in [0, 0.1) is 24.7 Å². The molecular weight excluding hydrogens is 654 g/mol. The lowest BCUT2D eigenvalue weighted by Gasteiger charge is -2.35. The molecule has 3 aliphatic rings. The van der Waals surface area contributed by atoms with Crippen molar-refractivity contribution in [2.75, 3.05) is 6.54 Å². The molecule has 4 rings (SSSR count). The zero-order valence-corrected chi connectivity index (χ0v) is 33.5. The van der Waals surface area contributed by atoms with Crippen molar-refractivity contribution < 1.29 is 34.1 Å². The maximum Gasteiger partial charge on any atom is 0.356 e. The number of phenolic OH excluding ortho intramolecular Hbond substituents is 1. The Bertz CT molecular complexity index is 1670. The second-order valence-corrected chi connectivity index (χ2v) is 16.7. The van der Waals surface area contributed by atoms with Gasteiger partial charge in [0.15, 0.2) is 0 Å². The van der Waals surface area contributed by atoms with Crippen LogP contribution in [0.3, 0.4) is 0 Å². The quantitative estimate of drug-likeness (QED) is 0.0988. The highest BCUT2D eigenvalue weighted by Crippen LogP contribution is 2.66. The molecule has 3 fully saturated rings. The monoisotopic (exact) mass is 717 g/mol. The Morgan fingerprint density at radius 1 is 0.865 bits per heavy atom. The molecule has 2 N–H and O–H groups in total. The number of carbonyl (C=O) groups excluding carboxylic acids is 2. The molecule has 3 atom stereocenters. The van der Waals surface area contributed by atoms with E-state index in [1.807, 2.05) is 32.6 Å². The van der Waals surface area contributed by atoms with Crippen LogP contribution in [0.2, 0.25) is 0 Å². The van der Waals surface area contributed by atoms with E-state index in [1.165, 1.54) is 22.3 Å². The molecule has 52 heavy (non-hydrogen) atoms. The average molecular weight is 718 g/mol. The third-order valence-corrected chi connectivity index (χ3v) is 12.6. The van der Waals surface area contributed by atoms with Gasteiger partial charge in [0.05, 0.1) is 5.41 Å². The first-order valence-electron chi connectivity index (χ1n) is 19.2. The average Bonchev–Trinajstić information content (AvgIpc) is 3.66. The highest BCUT2D eigenvalue weighted by atomic mass is 16.6. The van der Waals surface area contributed by atoms with Crippen molar-refractivity contribution >= 4 is 17.9 Å². The fourth-order valence-electron chi connectivity index (χ4n) is 8.24. The number of nitrogens with zero attached hydrogens (tertiary/aromatic N) is 1. The number of esters is 2. The number of carboxylic acid groups (broad SMARTS) is 1. The van der Waals surface area contributed by atoms with Gasteiger partial charge in [0.25, 0.3) is 0 Å². The van der Waals surface area contributed by atoms with E-state index < -0.39 is 34.4 Å². The molecule has 0 radical (unpaired) electrons. The van der Waals surface area contributed by atoms with E-state index in [4.69, 9.17) is 9.47 Å². The smallest absolute Gasteiger partial charge is 0.356 e. The third kappa shape index (κ3) is 8.27. The van der Waals surface area contributed by atoms with Crippen molar-refractivity contribution in [3.05, 3.63) is 68.9 Å². The maximum atomic E-state index is 14.2. The number of hydrogen-bond donors (Lipinski definition) is 2. The van der Waals surface area contributed by atoms with Crippen LogP contribution in [0.1, 0.15) is 142 Å². The lowest BCUT2D eigenvalue weighted by molar-refractivity contribution is -0.176. The first-order chi connectivity index (χ1) is 24.4. The highest BCUT2D eigenvalue weighted by molar-refractivity contribution is 5.94. The van der Waals surface area contributed by atoms with Crippen molar-refractivity contribution in [3.63, 3.8) is 0 Å². The Kier molecular flexibility index (Phi) is 13.1. The normalized spacial score (nSPS) is 24.7. The zero-order chi connectivity index (χ0) is 38.6. The standard InChI is InChI=1S/C44H63NO7/c1-28(2)15-11-16-29(3)17-12-18-30(4)19-13-20-31(5)22-23-34-35(27-45-26-14-21-36(45)39(47)48)38(33(7)32(6)37(34)46)51-41(50)44-25-24-43(10,40(49)52-44)42(44,8)9/h15,17,19,22,36,46H,11-14,16,18,20-21,23-27H2,1-10H3,(H,47,48)/b29-17+,30-19+,31-22+/t36-,43+,44-/m1/s1. The summed E-state index contributed by atoms with van der Waals surface area (Å²) in [5.74, 6) is -1.45. The molecule has 1 aromatic rings. The lowest BCUT2D eigenvalue weighted by atomic mass is 9.66. The third-order valence-electron chi connectivity index (χ3n) is 12.6. The number of allylic oxidation sites excluding steroid dienone is 8. The molecule has 8 heteroatoms. The summed E-state index contributed by atoms with van der Waals surface area (Å²) in [5, 5.41) is 21.6. The zero-order valence-electron chi connectivity index (χ0n) is 33.5. The molecule has 286 valence electrons. The van der Waals surface area contributed by atoms with Gasteiger partial charge in [-0.15, -0.1) is 0 Å². The van der Waals surface area contributed by atoms with Gasteiger partial charge < -0.3 is 19.7 Å². The predicted molar refractivity (Wildman–Crippen MR) is 206 cm³/mol. The number of carboxylic acids is 1. The molecule has 0 aromatic heterocycles. The van der Waals surface area contributed by atoms with E-state index in [0.717, 1.165) is 44.9 Å². The van der Waals surface area contributed by atoms with E-state index in [9.17, 15) is 24.6 Å². The van der Waals surface area contributed by atoms with Crippen LogP contribution in [0.5, 0.6) is 11.5 Å². The molecule has 1 aliphatic carbocycles. The van der Waals surface area contributed by atoms with E-state index in [-0.39, 0.29) is 18.3 Å². The number of aromatic hydroxyl groups is 1. The number of ether oxygens (including phenoxy) is 2.